The van der Waals surface area contributed by atoms with Crippen molar-refractivity contribution in [2.24, 2.45) is 5.73 Å². The van der Waals surface area contributed by atoms with Gasteiger partial charge in [0.15, 0.2) is 22.4 Å². The summed E-state index contributed by atoms with van der Waals surface area (Å²) in [6, 6.07) is 22.0. The molecule has 23 heteroatoms. The zero-order valence-corrected chi connectivity index (χ0v) is 39.5. The average Bonchev–Trinajstić information content (AvgIpc) is 3.86. The molecule has 0 aliphatic heterocycles. The molecule has 67 heavy (non-hydrogen) atoms. The number of aromatic nitrogens is 8. The molecule has 0 atom stereocenters. The lowest BCUT2D eigenvalue weighted by Gasteiger charge is -2.17. The summed E-state index contributed by atoms with van der Waals surface area (Å²) < 4.78 is 77.0. The molecule has 0 aliphatic carbocycles. The van der Waals surface area contributed by atoms with Gasteiger partial charge in [-0.05, 0) is 64.1 Å². The number of fused-ring (bicyclic) bond motifs is 2. The number of rotatable bonds is 17. The van der Waals surface area contributed by atoms with Crippen LogP contribution in [0.4, 0.5) is 14.6 Å². The van der Waals surface area contributed by atoms with E-state index in [1.54, 1.807) is 123 Å². The van der Waals surface area contributed by atoms with E-state index in [9.17, 15) is 17.9 Å². The van der Waals surface area contributed by atoms with E-state index in [-0.39, 0.29) is 79.2 Å². The van der Waals surface area contributed by atoms with Gasteiger partial charge < -0.3 is 34.5 Å². The van der Waals surface area contributed by atoms with Crippen LogP contribution in [-0.2, 0) is 40.3 Å². The van der Waals surface area contributed by atoms with Gasteiger partial charge in [0.05, 0.1) is 50.3 Å². The number of allylic oxidation sites excluding steroid dienone is 1. The Morgan fingerprint density at radius 3 is 1.76 bits per heavy atom. The molecule has 7 aromatic rings. The zero-order valence-electron chi connectivity index (χ0n) is 37.7. The van der Waals surface area contributed by atoms with Crippen LogP contribution in [0.5, 0.6) is 0 Å². The molecule has 5 N–H and O–H groups in total. The molecule has 0 saturated heterocycles. The minimum absolute atomic E-state index is 0.0243. The SMILES string of the molecule is CCOP(=O)(OCC)/C(C#N)=C/N(C)C.CCOP(=O)(OCC)c1cnc(-c2nn(Cc3ccccc3F)c3ncccc23)nc1N.N=C(N)c1nn(Cc2ccccc2F)c2ncccc12. The summed E-state index contributed by atoms with van der Waals surface area (Å²) in [5, 5.41) is 26.8. The van der Waals surface area contributed by atoms with Crippen LogP contribution in [0.25, 0.3) is 33.6 Å². The van der Waals surface area contributed by atoms with Crippen molar-refractivity contribution in [3.63, 3.8) is 0 Å². The Morgan fingerprint density at radius 2 is 1.28 bits per heavy atom. The molecule has 352 valence electrons. The summed E-state index contributed by atoms with van der Waals surface area (Å²) in [4.78, 5) is 18.9. The fourth-order valence-electron chi connectivity index (χ4n) is 6.33. The number of nitrogens with one attached hydrogen (secondary N) is 1. The number of halogens is 2. The fraction of sp³-hybridized carbons (Fsp3) is 0.273. The highest BCUT2D eigenvalue weighted by atomic mass is 31.2. The standard InChI is InChI=1S/C21H22FN6O3P.C14H12FN5.C9H17N2O3P/c1-3-30-32(29,31-4-2)17-12-25-20(26-19(17)23)18-15-9-7-11-24-21(15)28(27-18)13-14-8-5-6-10-16(14)22;15-11-6-2-1-4-9(11)8-20-14-10(5-3-7-18-14)12(19-20)13(16)17;1-5-13-15(12,14-6-2)9(7-10)8-11(3)4/h5-12H,3-4,13H2,1-2H3,(H2,23,25,26);1-7H,8H2,(H3,16,17);8H,5-6H2,1-4H3/b;;9-8+. The Hall–Kier alpha value is -6.78. The lowest BCUT2D eigenvalue weighted by atomic mass is 10.2. The van der Waals surface area contributed by atoms with Gasteiger partial charge in [0.1, 0.15) is 46.0 Å². The summed E-state index contributed by atoms with van der Waals surface area (Å²) in [7, 11) is -3.60. The van der Waals surface area contributed by atoms with Crippen molar-refractivity contribution in [1.29, 1.82) is 10.7 Å². The molecule has 0 saturated carbocycles. The summed E-state index contributed by atoms with van der Waals surface area (Å²) in [5.41, 5.74) is 14.5. The number of nitrogen functional groups attached to an aromatic ring is 2. The second-order valence-electron chi connectivity index (χ2n) is 14.1. The molecule has 0 aliphatic rings. The smallest absolute Gasteiger partial charge is 0.373 e. The molecule has 5 heterocycles. The van der Waals surface area contributed by atoms with Crippen molar-refractivity contribution in [3.8, 4) is 17.6 Å². The normalized spacial score (nSPS) is 11.7. The van der Waals surface area contributed by atoms with Gasteiger partial charge in [-0.1, -0.05) is 36.4 Å². The number of benzene rings is 2. The minimum Gasteiger partial charge on any atom is -0.383 e. The molecule has 0 unspecified atom stereocenters. The van der Waals surface area contributed by atoms with Crippen LogP contribution < -0.4 is 16.8 Å². The maximum absolute atomic E-state index is 14.2. The molecule has 0 amide bonds. The number of amidine groups is 1. The molecule has 2 aromatic carbocycles. The molecule has 0 fully saturated rings. The highest BCUT2D eigenvalue weighted by Crippen LogP contribution is 2.55. The van der Waals surface area contributed by atoms with E-state index in [4.69, 9.17) is 40.2 Å². The Labute approximate surface area is 386 Å². The number of nitrogens with zero attached hydrogens (tertiary/aromatic N) is 10. The highest BCUT2D eigenvalue weighted by Gasteiger charge is 2.32. The van der Waals surface area contributed by atoms with E-state index >= 15 is 0 Å². The predicted molar refractivity (Wildman–Crippen MR) is 251 cm³/mol. The third-order valence-electron chi connectivity index (χ3n) is 9.12. The van der Waals surface area contributed by atoms with Gasteiger partial charge in [0, 0.05) is 50.0 Å². The lowest BCUT2D eigenvalue weighted by Crippen LogP contribution is -2.18. The van der Waals surface area contributed by atoms with Gasteiger partial charge in [-0.25, -0.2) is 38.1 Å². The van der Waals surface area contributed by atoms with Gasteiger partial charge in [-0.15, -0.1) is 0 Å². The Balaban J connectivity index is 0.000000206. The molecule has 5 aromatic heterocycles. The summed E-state index contributed by atoms with van der Waals surface area (Å²) in [6.07, 6.45) is 6.05. The van der Waals surface area contributed by atoms with Gasteiger partial charge in [0.2, 0.25) is 0 Å². The number of hydrogen-bond acceptors (Lipinski definition) is 16. The van der Waals surface area contributed by atoms with Gasteiger partial charge in [-0.3, -0.25) is 14.5 Å². The average molecular weight is 958 g/mol. The van der Waals surface area contributed by atoms with Gasteiger partial charge in [-0.2, -0.15) is 15.5 Å². The number of pyridine rings is 2. The van der Waals surface area contributed by atoms with Crippen molar-refractivity contribution in [2.75, 3.05) is 46.3 Å². The van der Waals surface area contributed by atoms with Crippen molar-refractivity contribution < 1.29 is 36.0 Å². The zero-order chi connectivity index (χ0) is 48.7. The van der Waals surface area contributed by atoms with E-state index in [2.05, 4.69) is 30.1 Å². The van der Waals surface area contributed by atoms with Crippen molar-refractivity contribution in [2.45, 2.75) is 40.8 Å². The summed E-state index contributed by atoms with van der Waals surface area (Å²) in [5.74, 6) is -0.565. The van der Waals surface area contributed by atoms with Crippen molar-refractivity contribution in [3.05, 3.63) is 131 Å². The largest absolute Gasteiger partial charge is 0.383 e. The van der Waals surface area contributed by atoms with Gasteiger partial charge in [0.25, 0.3) is 0 Å². The van der Waals surface area contributed by atoms with Crippen molar-refractivity contribution in [1.82, 2.24) is 44.4 Å². The first-order valence-corrected chi connectivity index (χ1v) is 23.9. The molecule has 0 bridgehead atoms. The van der Waals surface area contributed by atoms with Crippen LogP contribution in [0.3, 0.4) is 0 Å². The quantitative estimate of drug-likeness (QED) is 0.0343. The van der Waals surface area contributed by atoms with E-state index in [1.807, 2.05) is 12.1 Å². The number of hydrogen-bond donors (Lipinski definition) is 3. The third kappa shape index (κ3) is 12.6. The first-order chi connectivity index (χ1) is 32.1. The molecule has 0 spiro atoms. The van der Waals surface area contributed by atoms with Crippen LogP contribution in [0.1, 0.15) is 44.5 Å². The summed E-state index contributed by atoms with van der Waals surface area (Å²) >= 11 is 0. The fourth-order valence-corrected chi connectivity index (χ4v) is 9.42. The van der Waals surface area contributed by atoms with Crippen LogP contribution in [0.2, 0.25) is 0 Å². The monoisotopic (exact) mass is 957 g/mol. The number of nitriles is 1. The molecule has 7 rings (SSSR count). The molecule has 19 nitrogen and oxygen atoms in total. The van der Waals surface area contributed by atoms with Crippen LogP contribution >= 0.6 is 15.2 Å². The Kier molecular flexibility index (Phi) is 18.0. The van der Waals surface area contributed by atoms with E-state index in [0.29, 0.717) is 44.6 Å². The molecular weight excluding hydrogens is 907 g/mol. The van der Waals surface area contributed by atoms with E-state index in [0.717, 1.165) is 0 Å². The minimum atomic E-state index is -3.64. The van der Waals surface area contributed by atoms with E-state index in [1.165, 1.54) is 24.5 Å². The predicted octanol–water partition coefficient (Wildman–Crippen LogP) is 7.63. The first-order valence-electron chi connectivity index (χ1n) is 20.8. The Morgan fingerprint density at radius 1 is 0.776 bits per heavy atom. The number of anilines is 1. The van der Waals surface area contributed by atoms with E-state index < -0.39 is 15.2 Å². The maximum atomic E-state index is 14.2. The number of nitrogens with two attached hydrogens (primary N) is 2. The molecular formula is C44H51F2N13O6P2. The van der Waals surface area contributed by atoms with Crippen molar-refractivity contribution >= 4 is 54.2 Å². The van der Waals surface area contributed by atoms with Crippen LogP contribution in [0.15, 0.2) is 103 Å². The summed E-state index contributed by atoms with van der Waals surface area (Å²) in [6.45, 7) is 8.08. The second kappa shape index (κ2) is 23.6. The van der Waals surface area contributed by atoms with Gasteiger partial charge >= 0.3 is 15.2 Å². The van der Waals surface area contributed by atoms with Crippen LogP contribution in [0, 0.1) is 28.4 Å². The second-order valence-corrected chi connectivity index (χ2v) is 18.1. The third-order valence-corrected chi connectivity index (χ3v) is 13.2. The lowest BCUT2D eigenvalue weighted by molar-refractivity contribution is 0.226. The molecule has 0 radical (unpaired) electrons. The topological polar surface area (TPSA) is 261 Å². The first kappa shape index (κ1) is 51.2. The highest BCUT2D eigenvalue weighted by molar-refractivity contribution is 7.62. The maximum Gasteiger partial charge on any atom is 0.373 e. The Bertz CT molecular complexity index is 2970. The van der Waals surface area contributed by atoms with Crippen LogP contribution in [-0.4, -0.2) is 90.8 Å².